The molecule has 0 aliphatic carbocycles. The summed E-state index contributed by atoms with van der Waals surface area (Å²) in [6.07, 6.45) is 1.72. The maximum atomic E-state index is 5.85. The standard InChI is InChI=1S/C16H24N2O2/c1-4-17-10-14-9-16(20-13(14)3)12-18(5-2)11-15-7-6-8-19-15/h6-9,17H,4-5,10-12H2,1-3H3. The van der Waals surface area contributed by atoms with Gasteiger partial charge in [0.15, 0.2) is 0 Å². The van der Waals surface area contributed by atoms with Crippen LogP contribution in [0.3, 0.4) is 0 Å². The number of rotatable bonds is 8. The van der Waals surface area contributed by atoms with Crippen molar-refractivity contribution in [1.29, 1.82) is 0 Å². The first-order valence-corrected chi connectivity index (χ1v) is 7.26. The van der Waals surface area contributed by atoms with Crippen LogP contribution in [-0.2, 0) is 19.6 Å². The molecule has 2 heterocycles. The van der Waals surface area contributed by atoms with Crippen LogP contribution in [0.5, 0.6) is 0 Å². The molecule has 0 fully saturated rings. The first-order valence-electron chi connectivity index (χ1n) is 7.26. The van der Waals surface area contributed by atoms with E-state index in [1.165, 1.54) is 5.56 Å². The highest BCUT2D eigenvalue weighted by molar-refractivity contribution is 5.20. The van der Waals surface area contributed by atoms with Gasteiger partial charge in [0.25, 0.3) is 0 Å². The van der Waals surface area contributed by atoms with E-state index in [9.17, 15) is 0 Å². The minimum absolute atomic E-state index is 0.810. The van der Waals surface area contributed by atoms with Crippen LogP contribution in [0.4, 0.5) is 0 Å². The molecule has 0 aliphatic rings. The van der Waals surface area contributed by atoms with Crippen LogP contribution in [0.2, 0.25) is 0 Å². The molecular formula is C16H24N2O2. The molecule has 0 unspecified atom stereocenters. The van der Waals surface area contributed by atoms with Crippen molar-refractivity contribution in [3.05, 3.63) is 47.3 Å². The summed E-state index contributed by atoms with van der Waals surface area (Å²) in [4.78, 5) is 2.30. The second-order valence-corrected chi connectivity index (χ2v) is 4.96. The number of aryl methyl sites for hydroxylation is 1. The highest BCUT2D eigenvalue weighted by Crippen LogP contribution is 2.17. The highest BCUT2D eigenvalue weighted by atomic mass is 16.3. The van der Waals surface area contributed by atoms with E-state index in [4.69, 9.17) is 8.83 Å². The van der Waals surface area contributed by atoms with Crippen molar-refractivity contribution in [3.8, 4) is 0 Å². The maximum absolute atomic E-state index is 5.85. The minimum atomic E-state index is 0.810. The number of furan rings is 2. The van der Waals surface area contributed by atoms with E-state index in [1.54, 1.807) is 6.26 Å². The number of nitrogens with one attached hydrogen (secondary N) is 1. The molecule has 0 saturated heterocycles. The Morgan fingerprint density at radius 1 is 1.20 bits per heavy atom. The Morgan fingerprint density at radius 2 is 2.00 bits per heavy atom. The molecule has 20 heavy (non-hydrogen) atoms. The van der Waals surface area contributed by atoms with Gasteiger partial charge in [-0.2, -0.15) is 0 Å². The Balaban J connectivity index is 1.96. The zero-order valence-corrected chi connectivity index (χ0v) is 12.6. The molecule has 0 atom stereocenters. The minimum Gasteiger partial charge on any atom is -0.468 e. The van der Waals surface area contributed by atoms with Crippen molar-refractivity contribution in [2.75, 3.05) is 13.1 Å². The van der Waals surface area contributed by atoms with Gasteiger partial charge in [0.05, 0.1) is 19.4 Å². The first-order chi connectivity index (χ1) is 9.72. The monoisotopic (exact) mass is 276 g/mol. The van der Waals surface area contributed by atoms with Crippen LogP contribution < -0.4 is 5.32 Å². The van der Waals surface area contributed by atoms with E-state index < -0.39 is 0 Å². The molecule has 1 N–H and O–H groups in total. The van der Waals surface area contributed by atoms with E-state index >= 15 is 0 Å². The third kappa shape index (κ3) is 3.99. The molecule has 2 aromatic heterocycles. The van der Waals surface area contributed by atoms with Gasteiger partial charge in [-0.05, 0) is 38.2 Å². The molecule has 4 heteroatoms. The van der Waals surface area contributed by atoms with Gasteiger partial charge in [-0.3, -0.25) is 4.90 Å². The number of hydrogen-bond acceptors (Lipinski definition) is 4. The van der Waals surface area contributed by atoms with Gasteiger partial charge in [-0.25, -0.2) is 0 Å². The molecule has 0 radical (unpaired) electrons. The van der Waals surface area contributed by atoms with Gasteiger partial charge >= 0.3 is 0 Å². The molecule has 0 aromatic carbocycles. The van der Waals surface area contributed by atoms with Gasteiger partial charge in [0.2, 0.25) is 0 Å². The third-order valence-electron chi connectivity index (χ3n) is 3.42. The number of hydrogen-bond donors (Lipinski definition) is 1. The Labute approximate surface area is 120 Å². The normalized spacial score (nSPS) is 11.4. The average molecular weight is 276 g/mol. The Hall–Kier alpha value is -1.52. The van der Waals surface area contributed by atoms with Crippen molar-refractivity contribution >= 4 is 0 Å². The smallest absolute Gasteiger partial charge is 0.118 e. The molecule has 2 aromatic rings. The summed E-state index contributed by atoms with van der Waals surface area (Å²) in [7, 11) is 0. The lowest BCUT2D eigenvalue weighted by molar-refractivity contribution is 0.227. The molecule has 0 amide bonds. The van der Waals surface area contributed by atoms with Crippen LogP contribution in [0.25, 0.3) is 0 Å². The third-order valence-corrected chi connectivity index (χ3v) is 3.42. The van der Waals surface area contributed by atoms with Crippen molar-refractivity contribution < 1.29 is 8.83 Å². The molecule has 0 bridgehead atoms. The Bertz CT molecular complexity index is 503. The highest BCUT2D eigenvalue weighted by Gasteiger charge is 2.12. The summed E-state index contributed by atoms with van der Waals surface area (Å²) in [5.74, 6) is 3.02. The lowest BCUT2D eigenvalue weighted by atomic mass is 10.2. The van der Waals surface area contributed by atoms with Crippen molar-refractivity contribution in [3.63, 3.8) is 0 Å². The van der Waals surface area contributed by atoms with Gasteiger partial charge in [0.1, 0.15) is 17.3 Å². The van der Waals surface area contributed by atoms with E-state index in [0.717, 1.165) is 50.0 Å². The van der Waals surface area contributed by atoms with Crippen LogP contribution in [-0.4, -0.2) is 18.0 Å². The Morgan fingerprint density at radius 3 is 2.65 bits per heavy atom. The van der Waals surface area contributed by atoms with Gasteiger partial charge < -0.3 is 14.2 Å². The second-order valence-electron chi connectivity index (χ2n) is 4.96. The van der Waals surface area contributed by atoms with E-state index in [0.29, 0.717) is 0 Å². The van der Waals surface area contributed by atoms with Gasteiger partial charge in [0, 0.05) is 12.1 Å². The molecular weight excluding hydrogens is 252 g/mol. The van der Waals surface area contributed by atoms with Crippen LogP contribution in [0.15, 0.2) is 33.3 Å². The van der Waals surface area contributed by atoms with Crippen molar-refractivity contribution in [2.45, 2.75) is 40.4 Å². The van der Waals surface area contributed by atoms with Crippen LogP contribution in [0, 0.1) is 6.92 Å². The summed E-state index contributed by atoms with van der Waals surface area (Å²) in [5.41, 5.74) is 1.25. The molecule has 2 rings (SSSR count). The Kier molecular flexibility index (Phi) is 5.44. The largest absolute Gasteiger partial charge is 0.468 e. The molecule has 0 aliphatic heterocycles. The van der Waals surface area contributed by atoms with Gasteiger partial charge in [-0.1, -0.05) is 13.8 Å². The zero-order chi connectivity index (χ0) is 14.4. The predicted octanol–water partition coefficient (Wildman–Crippen LogP) is 3.31. The fourth-order valence-electron chi connectivity index (χ4n) is 2.22. The predicted molar refractivity (Wildman–Crippen MR) is 79.3 cm³/mol. The number of nitrogens with zero attached hydrogens (tertiary/aromatic N) is 1. The van der Waals surface area contributed by atoms with Crippen LogP contribution >= 0.6 is 0 Å². The summed E-state index contributed by atoms with van der Waals surface area (Å²) in [6.45, 7) is 10.7. The van der Waals surface area contributed by atoms with E-state index in [-0.39, 0.29) is 0 Å². The molecule has 110 valence electrons. The maximum Gasteiger partial charge on any atom is 0.118 e. The zero-order valence-electron chi connectivity index (χ0n) is 12.6. The SMILES string of the molecule is CCNCc1cc(CN(CC)Cc2ccco2)oc1C. The topological polar surface area (TPSA) is 41.5 Å². The molecule has 4 nitrogen and oxygen atoms in total. The van der Waals surface area contributed by atoms with E-state index in [1.807, 2.05) is 19.1 Å². The lowest BCUT2D eigenvalue weighted by Crippen LogP contribution is -2.21. The van der Waals surface area contributed by atoms with Crippen LogP contribution in [0.1, 0.15) is 36.7 Å². The molecule has 0 saturated carbocycles. The van der Waals surface area contributed by atoms with E-state index in [2.05, 4.69) is 30.1 Å². The summed E-state index contributed by atoms with van der Waals surface area (Å²) >= 11 is 0. The van der Waals surface area contributed by atoms with Gasteiger partial charge in [-0.15, -0.1) is 0 Å². The average Bonchev–Trinajstić information content (AvgIpc) is 3.06. The second kappa shape index (κ2) is 7.31. The fraction of sp³-hybridized carbons (Fsp3) is 0.500. The summed E-state index contributed by atoms with van der Waals surface area (Å²) in [5, 5.41) is 3.33. The summed E-state index contributed by atoms with van der Waals surface area (Å²) in [6, 6.07) is 6.09. The van der Waals surface area contributed by atoms with Crippen molar-refractivity contribution in [2.24, 2.45) is 0 Å². The quantitative estimate of drug-likeness (QED) is 0.803. The lowest BCUT2D eigenvalue weighted by Gasteiger charge is -2.17. The fourth-order valence-corrected chi connectivity index (χ4v) is 2.22. The summed E-state index contributed by atoms with van der Waals surface area (Å²) < 4.78 is 11.3. The molecule has 0 spiro atoms. The first kappa shape index (κ1) is 14.9. The van der Waals surface area contributed by atoms with Crippen molar-refractivity contribution in [1.82, 2.24) is 10.2 Å².